The number of benzene rings is 1. The molecule has 0 atom stereocenters. The van der Waals surface area contributed by atoms with Gasteiger partial charge in [-0.1, -0.05) is 38.0 Å². The molecule has 4 heteroatoms. The molecule has 0 bridgehead atoms. The van der Waals surface area contributed by atoms with E-state index >= 15 is 0 Å². The third-order valence-corrected chi connectivity index (χ3v) is 2.60. The Morgan fingerprint density at radius 2 is 2.00 bits per heavy atom. The van der Waals surface area contributed by atoms with Gasteiger partial charge in [0.2, 0.25) is 0 Å². The molecule has 1 rings (SSSR count). The minimum absolute atomic E-state index is 0.185. The van der Waals surface area contributed by atoms with Gasteiger partial charge in [-0.3, -0.25) is 10.1 Å². The summed E-state index contributed by atoms with van der Waals surface area (Å²) in [6.45, 7) is 3.44. The Morgan fingerprint density at radius 1 is 1.24 bits per heavy atom. The van der Waals surface area contributed by atoms with E-state index in [4.69, 9.17) is 4.74 Å². The Bertz CT molecular complexity index is 352. The van der Waals surface area contributed by atoms with Crippen LogP contribution in [0.2, 0.25) is 0 Å². The maximum absolute atomic E-state index is 10.8. The van der Waals surface area contributed by atoms with E-state index in [1.54, 1.807) is 12.1 Å². The number of para-hydroxylation sites is 1. The molecule has 0 saturated carbocycles. The number of nitrogens with zero attached hydrogens (tertiary/aromatic N) is 1. The van der Waals surface area contributed by atoms with Gasteiger partial charge in [0.1, 0.15) is 0 Å². The smallest absolute Gasteiger partial charge is 0.272 e. The molecule has 0 heterocycles. The molecule has 0 N–H and O–H groups in total. The number of rotatable bonds is 8. The van der Waals surface area contributed by atoms with E-state index < -0.39 is 0 Å². The van der Waals surface area contributed by atoms with Gasteiger partial charge in [-0.25, -0.2) is 0 Å². The van der Waals surface area contributed by atoms with Crippen LogP contribution in [0.3, 0.4) is 0 Å². The van der Waals surface area contributed by atoms with Crippen molar-refractivity contribution in [3.63, 3.8) is 0 Å². The summed E-state index contributed by atoms with van der Waals surface area (Å²) < 4.78 is 5.45. The van der Waals surface area contributed by atoms with Crippen molar-refractivity contribution in [3.05, 3.63) is 39.9 Å². The first-order chi connectivity index (χ1) is 8.25. The maximum Gasteiger partial charge on any atom is 0.272 e. The number of nitro groups is 1. The van der Waals surface area contributed by atoms with Crippen molar-refractivity contribution in [1.29, 1.82) is 0 Å². The summed E-state index contributed by atoms with van der Waals surface area (Å²) in [5.41, 5.74) is 0.928. The van der Waals surface area contributed by atoms with Crippen LogP contribution in [0.1, 0.15) is 31.7 Å². The second-order valence-electron chi connectivity index (χ2n) is 3.96. The molecule has 0 aliphatic carbocycles. The summed E-state index contributed by atoms with van der Waals surface area (Å²) in [7, 11) is 0. The molecular formula is C13H19NO3. The average Bonchev–Trinajstić information content (AvgIpc) is 2.34. The first-order valence-electron chi connectivity index (χ1n) is 6.05. The van der Waals surface area contributed by atoms with Crippen LogP contribution in [0, 0.1) is 10.1 Å². The van der Waals surface area contributed by atoms with Crippen LogP contribution in [0.4, 0.5) is 5.69 Å². The Hall–Kier alpha value is -1.42. The molecule has 0 unspecified atom stereocenters. The minimum atomic E-state index is -0.341. The minimum Gasteiger partial charge on any atom is -0.381 e. The van der Waals surface area contributed by atoms with Crippen molar-refractivity contribution in [1.82, 2.24) is 0 Å². The average molecular weight is 237 g/mol. The zero-order chi connectivity index (χ0) is 12.5. The van der Waals surface area contributed by atoms with Crippen molar-refractivity contribution in [3.8, 4) is 0 Å². The second kappa shape index (κ2) is 7.79. The molecule has 1 aromatic rings. The van der Waals surface area contributed by atoms with Crippen molar-refractivity contribution >= 4 is 5.69 Å². The predicted molar refractivity (Wildman–Crippen MR) is 67.1 cm³/mol. The molecule has 1 aromatic carbocycles. The molecule has 94 valence electrons. The van der Waals surface area contributed by atoms with Crippen LogP contribution in [-0.2, 0) is 11.2 Å². The zero-order valence-electron chi connectivity index (χ0n) is 10.2. The fourth-order valence-electron chi connectivity index (χ4n) is 1.64. The highest BCUT2D eigenvalue weighted by atomic mass is 16.6. The Balaban J connectivity index is 2.34. The van der Waals surface area contributed by atoms with E-state index in [0.717, 1.165) is 18.6 Å². The lowest BCUT2D eigenvalue weighted by Gasteiger charge is -2.04. The van der Waals surface area contributed by atoms with Gasteiger partial charge in [-0.2, -0.15) is 0 Å². The number of unbranched alkanes of at least 4 members (excludes halogenated alkanes) is 2. The quantitative estimate of drug-likeness (QED) is 0.396. The predicted octanol–water partition coefficient (Wildman–Crippen LogP) is 3.34. The van der Waals surface area contributed by atoms with Crippen LogP contribution in [0.25, 0.3) is 0 Å². The Labute approximate surface area is 102 Å². The van der Waals surface area contributed by atoms with E-state index in [9.17, 15) is 10.1 Å². The van der Waals surface area contributed by atoms with E-state index in [-0.39, 0.29) is 10.6 Å². The molecule has 0 amide bonds. The largest absolute Gasteiger partial charge is 0.381 e. The van der Waals surface area contributed by atoms with Gasteiger partial charge < -0.3 is 4.74 Å². The van der Waals surface area contributed by atoms with E-state index in [0.29, 0.717) is 13.0 Å². The monoisotopic (exact) mass is 237 g/mol. The lowest BCUT2D eigenvalue weighted by Crippen LogP contribution is -2.02. The second-order valence-corrected chi connectivity index (χ2v) is 3.96. The van der Waals surface area contributed by atoms with Gasteiger partial charge >= 0.3 is 0 Å². The summed E-state index contributed by atoms with van der Waals surface area (Å²) >= 11 is 0. The van der Waals surface area contributed by atoms with Crippen molar-refractivity contribution in [2.45, 2.75) is 32.6 Å². The third kappa shape index (κ3) is 4.95. The lowest BCUT2D eigenvalue weighted by molar-refractivity contribution is -0.385. The summed E-state index contributed by atoms with van der Waals surface area (Å²) in [6.07, 6.45) is 4.01. The Kier molecular flexibility index (Phi) is 6.25. The molecule has 0 radical (unpaired) electrons. The fraction of sp³-hybridized carbons (Fsp3) is 0.538. The van der Waals surface area contributed by atoms with Gasteiger partial charge in [0, 0.05) is 24.7 Å². The van der Waals surface area contributed by atoms with Crippen molar-refractivity contribution in [2.24, 2.45) is 0 Å². The molecule has 0 spiro atoms. The molecule has 17 heavy (non-hydrogen) atoms. The van der Waals surface area contributed by atoms with Crippen LogP contribution < -0.4 is 0 Å². The normalized spacial score (nSPS) is 10.4. The van der Waals surface area contributed by atoms with Crippen molar-refractivity contribution in [2.75, 3.05) is 13.2 Å². The van der Waals surface area contributed by atoms with Gasteiger partial charge in [0.15, 0.2) is 0 Å². The number of hydrogen-bond acceptors (Lipinski definition) is 3. The van der Waals surface area contributed by atoms with Crippen LogP contribution >= 0.6 is 0 Å². The van der Waals surface area contributed by atoms with Gasteiger partial charge in [-0.15, -0.1) is 0 Å². The highest BCUT2D eigenvalue weighted by molar-refractivity contribution is 5.39. The molecule has 0 aliphatic rings. The molecular weight excluding hydrogens is 218 g/mol. The van der Waals surface area contributed by atoms with Crippen LogP contribution in [-0.4, -0.2) is 18.1 Å². The summed E-state index contributed by atoms with van der Waals surface area (Å²) in [4.78, 5) is 10.4. The number of nitro benzene ring substituents is 1. The molecule has 0 aliphatic heterocycles. The summed E-state index contributed by atoms with van der Waals surface area (Å²) in [6, 6.07) is 6.82. The summed E-state index contributed by atoms with van der Waals surface area (Å²) in [5, 5.41) is 10.8. The zero-order valence-corrected chi connectivity index (χ0v) is 10.2. The molecule has 0 fully saturated rings. The van der Waals surface area contributed by atoms with E-state index in [2.05, 4.69) is 6.92 Å². The number of ether oxygens (including phenoxy) is 1. The van der Waals surface area contributed by atoms with E-state index in [1.165, 1.54) is 18.9 Å². The Morgan fingerprint density at radius 3 is 2.71 bits per heavy atom. The SMILES string of the molecule is CCCCCOCCc1ccccc1[N+](=O)[O-]. The van der Waals surface area contributed by atoms with Gasteiger partial charge in [-0.05, 0) is 6.42 Å². The van der Waals surface area contributed by atoms with Gasteiger partial charge in [0.05, 0.1) is 11.5 Å². The number of hydrogen-bond donors (Lipinski definition) is 0. The van der Waals surface area contributed by atoms with Crippen molar-refractivity contribution < 1.29 is 9.66 Å². The summed E-state index contributed by atoms with van der Waals surface area (Å²) in [5.74, 6) is 0. The first-order valence-corrected chi connectivity index (χ1v) is 6.05. The molecule has 0 saturated heterocycles. The maximum atomic E-state index is 10.8. The first kappa shape index (κ1) is 13.6. The van der Waals surface area contributed by atoms with Crippen LogP contribution in [0.15, 0.2) is 24.3 Å². The van der Waals surface area contributed by atoms with Crippen LogP contribution in [0.5, 0.6) is 0 Å². The highest BCUT2D eigenvalue weighted by Crippen LogP contribution is 2.17. The third-order valence-electron chi connectivity index (χ3n) is 2.60. The lowest BCUT2D eigenvalue weighted by atomic mass is 10.1. The van der Waals surface area contributed by atoms with Gasteiger partial charge in [0.25, 0.3) is 5.69 Å². The fourth-order valence-corrected chi connectivity index (χ4v) is 1.64. The topological polar surface area (TPSA) is 52.4 Å². The standard InChI is InChI=1S/C13H19NO3/c1-2-3-6-10-17-11-9-12-7-4-5-8-13(12)14(15)16/h4-5,7-8H,2-3,6,9-11H2,1H3. The molecule has 4 nitrogen and oxygen atoms in total. The molecule has 0 aromatic heterocycles. The van der Waals surface area contributed by atoms with E-state index in [1.807, 2.05) is 6.07 Å². The highest BCUT2D eigenvalue weighted by Gasteiger charge is 2.11.